The van der Waals surface area contributed by atoms with E-state index >= 15 is 0 Å². The molecule has 1 saturated carbocycles. The van der Waals surface area contributed by atoms with Crippen molar-refractivity contribution in [3.8, 4) is 6.07 Å². The molecule has 0 radical (unpaired) electrons. The van der Waals surface area contributed by atoms with Gasteiger partial charge in [-0.25, -0.2) is 0 Å². The molecule has 0 aliphatic heterocycles. The highest BCUT2D eigenvalue weighted by Crippen LogP contribution is 2.32. The molecule has 3 unspecified atom stereocenters. The van der Waals surface area contributed by atoms with Crippen LogP contribution in [0.2, 0.25) is 0 Å². The maximum atomic E-state index is 9.37. The summed E-state index contributed by atoms with van der Waals surface area (Å²) >= 11 is 0. The molecular weight excluding hydrogens is 234 g/mol. The Balaban J connectivity index is 2.09. The van der Waals surface area contributed by atoms with Gasteiger partial charge in [0.25, 0.3) is 0 Å². The molecular formula is C16H23N3. The molecule has 102 valence electrons. The summed E-state index contributed by atoms with van der Waals surface area (Å²) in [5, 5.41) is 9.37. The number of hydrogen-bond acceptors (Lipinski definition) is 3. The fraction of sp³-hybridized carbons (Fsp3) is 0.625. The topological polar surface area (TPSA) is 39.9 Å². The second-order valence-corrected chi connectivity index (χ2v) is 5.61. The van der Waals surface area contributed by atoms with Crippen molar-refractivity contribution in [2.45, 2.75) is 45.7 Å². The first-order valence-corrected chi connectivity index (χ1v) is 7.28. The fourth-order valence-corrected chi connectivity index (χ4v) is 3.07. The van der Waals surface area contributed by atoms with Crippen LogP contribution >= 0.6 is 0 Å². The molecule has 19 heavy (non-hydrogen) atoms. The maximum Gasteiger partial charge on any atom is 0.0672 e. The highest BCUT2D eigenvalue weighted by atomic mass is 15.2. The first kappa shape index (κ1) is 14.0. The molecule has 0 amide bonds. The lowest BCUT2D eigenvalue weighted by molar-refractivity contribution is 0.103. The Morgan fingerprint density at radius 2 is 2.26 bits per heavy atom. The van der Waals surface area contributed by atoms with Crippen molar-refractivity contribution in [1.29, 1.82) is 5.26 Å². The van der Waals surface area contributed by atoms with Gasteiger partial charge in [-0.05, 0) is 43.9 Å². The minimum atomic E-state index is 0.180. The predicted molar refractivity (Wildman–Crippen MR) is 76.2 cm³/mol. The van der Waals surface area contributed by atoms with Gasteiger partial charge in [0, 0.05) is 18.8 Å². The van der Waals surface area contributed by atoms with Crippen molar-refractivity contribution in [2.75, 3.05) is 6.54 Å². The van der Waals surface area contributed by atoms with Crippen molar-refractivity contribution in [1.82, 2.24) is 9.88 Å². The highest BCUT2D eigenvalue weighted by molar-refractivity contribution is 5.05. The smallest absolute Gasteiger partial charge is 0.0672 e. The molecule has 0 aromatic carbocycles. The minimum absolute atomic E-state index is 0.180. The van der Waals surface area contributed by atoms with Crippen LogP contribution in [0, 0.1) is 23.2 Å². The van der Waals surface area contributed by atoms with Crippen molar-refractivity contribution >= 4 is 0 Å². The van der Waals surface area contributed by atoms with Crippen molar-refractivity contribution in [3.63, 3.8) is 0 Å². The van der Waals surface area contributed by atoms with E-state index < -0.39 is 0 Å². The minimum Gasteiger partial charge on any atom is -0.294 e. The van der Waals surface area contributed by atoms with Crippen LogP contribution in [-0.2, 0) is 6.54 Å². The van der Waals surface area contributed by atoms with Crippen molar-refractivity contribution in [3.05, 3.63) is 30.1 Å². The molecule has 0 N–H and O–H groups in total. The van der Waals surface area contributed by atoms with E-state index in [0.29, 0.717) is 6.04 Å². The normalized spacial score (nSPS) is 27.2. The number of nitriles is 1. The molecule has 2 rings (SSSR count). The van der Waals surface area contributed by atoms with Gasteiger partial charge in [0.05, 0.1) is 17.7 Å². The molecule has 3 atom stereocenters. The molecule has 1 aliphatic carbocycles. The maximum absolute atomic E-state index is 9.37. The van der Waals surface area contributed by atoms with Crippen LogP contribution < -0.4 is 0 Å². The second kappa shape index (κ2) is 6.68. The molecule has 3 nitrogen and oxygen atoms in total. The van der Waals surface area contributed by atoms with Crippen LogP contribution in [0.15, 0.2) is 24.4 Å². The SMILES string of the molecule is CCN(Cc1ccccn1)C1CC(C)CCC1C#N. The Kier molecular flexibility index (Phi) is 4.93. The number of aromatic nitrogens is 1. The number of nitrogens with zero attached hydrogens (tertiary/aromatic N) is 3. The van der Waals surface area contributed by atoms with Crippen LogP contribution in [-0.4, -0.2) is 22.5 Å². The summed E-state index contributed by atoms with van der Waals surface area (Å²) < 4.78 is 0. The first-order valence-electron chi connectivity index (χ1n) is 7.28. The molecule has 1 heterocycles. The lowest BCUT2D eigenvalue weighted by Gasteiger charge is -2.38. The van der Waals surface area contributed by atoms with Crippen LogP contribution in [0.5, 0.6) is 0 Å². The number of pyridine rings is 1. The average molecular weight is 257 g/mol. The predicted octanol–water partition coefficient (Wildman–Crippen LogP) is 3.23. The Labute approximate surface area is 116 Å². The first-order chi connectivity index (χ1) is 9.24. The number of hydrogen-bond donors (Lipinski definition) is 0. The monoisotopic (exact) mass is 257 g/mol. The van der Waals surface area contributed by atoms with Crippen LogP contribution in [0.3, 0.4) is 0 Å². The van der Waals surface area contributed by atoms with Gasteiger partial charge < -0.3 is 0 Å². The summed E-state index contributed by atoms with van der Waals surface area (Å²) in [4.78, 5) is 6.83. The van der Waals surface area contributed by atoms with Gasteiger partial charge in [-0.1, -0.05) is 19.9 Å². The molecule has 0 bridgehead atoms. The second-order valence-electron chi connectivity index (χ2n) is 5.61. The third kappa shape index (κ3) is 3.54. The van der Waals surface area contributed by atoms with Gasteiger partial charge in [-0.2, -0.15) is 5.26 Å². The summed E-state index contributed by atoms with van der Waals surface area (Å²) in [6.07, 6.45) is 5.21. The average Bonchev–Trinajstić information content (AvgIpc) is 2.46. The quantitative estimate of drug-likeness (QED) is 0.831. The molecule has 0 saturated heterocycles. The van der Waals surface area contributed by atoms with Crippen molar-refractivity contribution in [2.24, 2.45) is 11.8 Å². The Morgan fingerprint density at radius 1 is 1.42 bits per heavy atom. The van der Waals surface area contributed by atoms with Gasteiger partial charge in [0.2, 0.25) is 0 Å². The Hall–Kier alpha value is -1.40. The fourth-order valence-electron chi connectivity index (χ4n) is 3.07. The standard InChI is InChI=1S/C16H23N3/c1-3-19(12-15-6-4-5-9-18-15)16-10-13(2)7-8-14(16)11-17/h4-6,9,13-14,16H,3,7-8,10,12H2,1-2H3. The lowest BCUT2D eigenvalue weighted by atomic mass is 9.79. The van der Waals surface area contributed by atoms with Gasteiger partial charge in [0.1, 0.15) is 0 Å². The van der Waals surface area contributed by atoms with Crippen LogP contribution in [0.25, 0.3) is 0 Å². The van der Waals surface area contributed by atoms with Gasteiger partial charge in [-0.3, -0.25) is 9.88 Å². The Bertz CT molecular complexity index is 423. The van der Waals surface area contributed by atoms with E-state index in [4.69, 9.17) is 0 Å². The lowest BCUT2D eigenvalue weighted by Crippen LogP contribution is -2.43. The Morgan fingerprint density at radius 3 is 2.89 bits per heavy atom. The third-order valence-electron chi connectivity index (χ3n) is 4.21. The highest BCUT2D eigenvalue weighted by Gasteiger charge is 2.32. The summed E-state index contributed by atoms with van der Waals surface area (Å²) in [6.45, 7) is 6.31. The van der Waals surface area contributed by atoms with E-state index in [0.717, 1.165) is 37.5 Å². The summed E-state index contributed by atoms with van der Waals surface area (Å²) in [6, 6.07) is 8.94. The van der Waals surface area contributed by atoms with E-state index in [9.17, 15) is 5.26 Å². The zero-order valence-corrected chi connectivity index (χ0v) is 11.9. The van der Waals surface area contributed by atoms with E-state index in [1.54, 1.807) is 0 Å². The summed E-state index contributed by atoms with van der Waals surface area (Å²) in [5.41, 5.74) is 1.10. The van der Waals surface area contributed by atoms with Gasteiger partial charge in [0.15, 0.2) is 0 Å². The van der Waals surface area contributed by atoms with E-state index in [-0.39, 0.29) is 5.92 Å². The van der Waals surface area contributed by atoms with E-state index in [2.05, 4.69) is 35.9 Å². The molecule has 1 aromatic rings. The van der Waals surface area contributed by atoms with Crippen LogP contribution in [0.1, 0.15) is 38.8 Å². The summed E-state index contributed by atoms with van der Waals surface area (Å²) in [5.74, 6) is 0.909. The van der Waals surface area contributed by atoms with Crippen LogP contribution in [0.4, 0.5) is 0 Å². The zero-order valence-electron chi connectivity index (χ0n) is 11.9. The third-order valence-corrected chi connectivity index (χ3v) is 4.21. The molecule has 0 spiro atoms. The van der Waals surface area contributed by atoms with E-state index in [1.807, 2.05) is 18.3 Å². The zero-order chi connectivity index (χ0) is 13.7. The number of rotatable bonds is 4. The molecule has 1 fully saturated rings. The van der Waals surface area contributed by atoms with Gasteiger partial charge >= 0.3 is 0 Å². The summed E-state index contributed by atoms with van der Waals surface area (Å²) in [7, 11) is 0. The van der Waals surface area contributed by atoms with Crippen molar-refractivity contribution < 1.29 is 0 Å². The largest absolute Gasteiger partial charge is 0.294 e. The van der Waals surface area contributed by atoms with E-state index in [1.165, 1.54) is 6.42 Å². The van der Waals surface area contributed by atoms with Gasteiger partial charge in [-0.15, -0.1) is 0 Å². The molecule has 3 heteroatoms. The molecule has 1 aliphatic rings. The molecule has 1 aromatic heterocycles.